The molecule has 18 heavy (non-hydrogen) atoms. The Kier molecular flexibility index (Phi) is 3.28. The molecule has 0 aliphatic heterocycles. The monoisotopic (exact) mass is 266 g/mol. The number of halogens is 1. The summed E-state index contributed by atoms with van der Waals surface area (Å²) in [5, 5.41) is 4.77. The summed E-state index contributed by atoms with van der Waals surface area (Å²) in [5.41, 5.74) is 0. The van der Waals surface area contributed by atoms with Gasteiger partial charge in [-0.25, -0.2) is 4.68 Å². The molecule has 0 spiro atoms. The molecule has 0 bridgehead atoms. The molecule has 96 valence electrons. The summed E-state index contributed by atoms with van der Waals surface area (Å²) in [4.78, 5) is 0. The minimum Gasteiger partial charge on any atom is -0.486 e. The average molecular weight is 267 g/mol. The van der Waals surface area contributed by atoms with E-state index >= 15 is 0 Å². The van der Waals surface area contributed by atoms with Crippen molar-refractivity contribution in [2.75, 3.05) is 0 Å². The normalized spacial score (nSPS) is 16.3. The molecule has 1 saturated carbocycles. The first-order valence-corrected chi connectivity index (χ1v) is 6.61. The summed E-state index contributed by atoms with van der Waals surface area (Å²) in [6.07, 6.45) is 8.32. The van der Waals surface area contributed by atoms with Crippen LogP contribution < -0.4 is 4.74 Å². The van der Waals surface area contributed by atoms with E-state index < -0.39 is 0 Å². The lowest BCUT2D eigenvalue weighted by atomic mass is 10.3. The van der Waals surface area contributed by atoms with E-state index in [2.05, 4.69) is 5.10 Å². The van der Waals surface area contributed by atoms with Crippen LogP contribution in [0.3, 0.4) is 0 Å². The van der Waals surface area contributed by atoms with Crippen LogP contribution in [-0.2, 0) is 6.54 Å². The van der Waals surface area contributed by atoms with Crippen LogP contribution in [0.1, 0.15) is 31.4 Å². The molecule has 0 amide bonds. The van der Waals surface area contributed by atoms with Crippen LogP contribution in [0.2, 0.25) is 5.15 Å². The first-order chi connectivity index (χ1) is 8.83. The molecule has 2 heterocycles. The highest BCUT2D eigenvalue weighted by atomic mass is 35.5. The molecule has 1 aliphatic carbocycles. The molecule has 0 atom stereocenters. The van der Waals surface area contributed by atoms with Gasteiger partial charge in [0.25, 0.3) is 0 Å². The van der Waals surface area contributed by atoms with Crippen molar-refractivity contribution in [2.24, 2.45) is 0 Å². The Morgan fingerprint density at radius 1 is 1.44 bits per heavy atom. The summed E-state index contributed by atoms with van der Waals surface area (Å²) in [7, 11) is 0. The van der Waals surface area contributed by atoms with E-state index in [4.69, 9.17) is 20.8 Å². The van der Waals surface area contributed by atoms with Gasteiger partial charge in [0.1, 0.15) is 12.3 Å². The molecule has 1 fully saturated rings. The summed E-state index contributed by atoms with van der Waals surface area (Å²) in [6, 6.07) is 3.75. The maximum Gasteiger partial charge on any atom is 0.176 e. The summed E-state index contributed by atoms with van der Waals surface area (Å²) in [5.74, 6) is 1.50. The highest BCUT2D eigenvalue weighted by Crippen LogP contribution is 2.29. The molecule has 0 aromatic carbocycles. The van der Waals surface area contributed by atoms with Crippen molar-refractivity contribution in [1.82, 2.24) is 9.78 Å². The molecule has 5 heteroatoms. The highest BCUT2D eigenvalue weighted by Gasteiger charge is 2.19. The number of furan rings is 1. The van der Waals surface area contributed by atoms with Gasteiger partial charge in [0.05, 0.1) is 18.6 Å². The van der Waals surface area contributed by atoms with Crippen LogP contribution >= 0.6 is 11.6 Å². The summed E-state index contributed by atoms with van der Waals surface area (Å²) in [6.45, 7) is 0.528. The molecular weight excluding hydrogens is 252 g/mol. The zero-order valence-electron chi connectivity index (χ0n) is 10.0. The average Bonchev–Trinajstić information content (AvgIpc) is 3.08. The number of ether oxygens (including phenoxy) is 1. The molecule has 0 N–H and O–H groups in total. The Balaban J connectivity index is 1.71. The molecule has 2 aromatic rings. The predicted octanol–water partition coefficient (Wildman–Crippen LogP) is 3.50. The van der Waals surface area contributed by atoms with Gasteiger partial charge in [-0.2, -0.15) is 5.10 Å². The minimum absolute atomic E-state index is 0.295. The van der Waals surface area contributed by atoms with Crippen LogP contribution in [0.25, 0.3) is 0 Å². The van der Waals surface area contributed by atoms with Crippen LogP contribution in [0.5, 0.6) is 5.75 Å². The molecule has 1 aliphatic rings. The van der Waals surface area contributed by atoms with Gasteiger partial charge in [0.15, 0.2) is 10.9 Å². The number of nitrogens with zero attached hydrogens (tertiary/aromatic N) is 2. The summed E-state index contributed by atoms with van der Waals surface area (Å²) < 4.78 is 12.8. The van der Waals surface area contributed by atoms with Crippen molar-refractivity contribution in [1.29, 1.82) is 0 Å². The Morgan fingerprint density at radius 3 is 3.00 bits per heavy atom. The molecule has 3 rings (SSSR count). The van der Waals surface area contributed by atoms with Crippen molar-refractivity contribution >= 4 is 11.6 Å². The first-order valence-electron chi connectivity index (χ1n) is 6.23. The third-order valence-corrected chi connectivity index (χ3v) is 3.61. The van der Waals surface area contributed by atoms with E-state index in [1.54, 1.807) is 17.1 Å². The minimum atomic E-state index is 0.295. The zero-order chi connectivity index (χ0) is 12.4. The van der Waals surface area contributed by atoms with E-state index in [1.165, 1.54) is 12.8 Å². The molecule has 2 aromatic heterocycles. The topological polar surface area (TPSA) is 40.2 Å². The van der Waals surface area contributed by atoms with Gasteiger partial charge in [0.2, 0.25) is 0 Å². The quantitative estimate of drug-likeness (QED) is 0.850. The van der Waals surface area contributed by atoms with Gasteiger partial charge < -0.3 is 9.15 Å². The Bertz CT molecular complexity index is 501. The SMILES string of the molecule is Clc1c(OC2CCCC2)cnn1Cc1ccco1. The van der Waals surface area contributed by atoms with Crippen LogP contribution in [0, 0.1) is 0 Å². The standard InChI is InChI=1S/C13H15ClN2O2/c14-13-12(18-10-4-1-2-5-10)8-15-16(13)9-11-6-3-7-17-11/h3,6-8,10H,1-2,4-5,9H2. The van der Waals surface area contributed by atoms with Crippen molar-refractivity contribution in [2.45, 2.75) is 38.3 Å². The van der Waals surface area contributed by atoms with Crippen LogP contribution in [-0.4, -0.2) is 15.9 Å². The lowest BCUT2D eigenvalue weighted by molar-refractivity contribution is 0.210. The molecule has 0 saturated heterocycles. The van der Waals surface area contributed by atoms with E-state index in [0.717, 1.165) is 18.6 Å². The second kappa shape index (κ2) is 5.06. The Hall–Kier alpha value is -1.42. The van der Waals surface area contributed by atoms with Gasteiger partial charge >= 0.3 is 0 Å². The smallest absolute Gasteiger partial charge is 0.176 e. The Morgan fingerprint density at radius 2 is 2.28 bits per heavy atom. The van der Waals surface area contributed by atoms with Crippen molar-refractivity contribution in [3.8, 4) is 5.75 Å². The number of hydrogen-bond acceptors (Lipinski definition) is 3. The van der Waals surface area contributed by atoms with Gasteiger partial charge in [-0.05, 0) is 37.8 Å². The fourth-order valence-electron chi connectivity index (χ4n) is 2.28. The molecular formula is C13H15ClN2O2. The van der Waals surface area contributed by atoms with Gasteiger partial charge in [0, 0.05) is 0 Å². The third kappa shape index (κ3) is 2.38. The van der Waals surface area contributed by atoms with E-state index in [9.17, 15) is 0 Å². The highest BCUT2D eigenvalue weighted by molar-refractivity contribution is 6.31. The number of hydrogen-bond donors (Lipinski definition) is 0. The molecule has 0 radical (unpaired) electrons. The van der Waals surface area contributed by atoms with Crippen molar-refractivity contribution in [3.05, 3.63) is 35.5 Å². The van der Waals surface area contributed by atoms with Gasteiger partial charge in [-0.3, -0.25) is 0 Å². The summed E-state index contributed by atoms with van der Waals surface area (Å²) >= 11 is 6.25. The van der Waals surface area contributed by atoms with Crippen LogP contribution in [0.4, 0.5) is 0 Å². The third-order valence-electron chi connectivity index (χ3n) is 3.23. The van der Waals surface area contributed by atoms with E-state index in [1.807, 2.05) is 12.1 Å². The maximum atomic E-state index is 6.25. The van der Waals surface area contributed by atoms with Crippen LogP contribution in [0.15, 0.2) is 29.0 Å². The Labute approximate surface area is 110 Å². The lowest BCUT2D eigenvalue weighted by Gasteiger charge is -2.11. The fourth-order valence-corrected chi connectivity index (χ4v) is 2.48. The second-order valence-corrected chi connectivity index (χ2v) is 4.92. The van der Waals surface area contributed by atoms with E-state index in [-0.39, 0.29) is 0 Å². The largest absolute Gasteiger partial charge is 0.486 e. The van der Waals surface area contributed by atoms with E-state index in [0.29, 0.717) is 23.6 Å². The van der Waals surface area contributed by atoms with Crippen molar-refractivity contribution in [3.63, 3.8) is 0 Å². The molecule has 0 unspecified atom stereocenters. The second-order valence-electron chi connectivity index (χ2n) is 4.56. The number of aromatic nitrogens is 2. The number of rotatable bonds is 4. The molecule has 4 nitrogen and oxygen atoms in total. The predicted molar refractivity (Wildman–Crippen MR) is 67.9 cm³/mol. The van der Waals surface area contributed by atoms with Gasteiger partial charge in [-0.1, -0.05) is 11.6 Å². The zero-order valence-corrected chi connectivity index (χ0v) is 10.8. The van der Waals surface area contributed by atoms with Crippen molar-refractivity contribution < 1.29 is 9.15 Å². The maximum absolute atomic E-state index is 6.25. The fraction of sp³-hybridized carbons (Fsp3) is 0.462. The lowest BCUT2D eigenvalue weighted by Crippen LogP contribution is -2.10. The first kappa shape index (κ1) is 11.7. The van der Waals surface area contributed by atoms with Gasteiger partial charge in [-0.15, -0.1) is 0 Å².